The third-order valence-corrected chi connectivity index (χ3v) is 3.04. The smallest absolute Gasteiger partial charge is 0.0319 e. The topological polar surface area (TPSA) is 0 Å². The van der Waals surface area contributed by atoms with E-state index in [4.69, 9.17) is 0 Å². The lowest BCUT2D eigenvalue weighted by Gasteiger charge is -2.16. The lowest BCUT2D eigenvalue weighted by molar-refractivity contribution is 0.432. The maximum atomic E-state index is 2.59. The Balaban J connectivity index is 2.35. The van der Waals surface area contributed by atoms with Gasteiger partial charge in [0, 0.05) is 0 Å². The summed E-state index contributed by atoms with van der Waals surface area (Å²) < 4.78 is 0. The van der Waals surface area contributed by atoms with Gasteiger partial charge in [-0.1, -0.05) is 27.7 Å². The van der Waals surface area contributed by atoms with Gasteiger partial charge in [-0.05, 0) is 42.9 Å². The van der Waals surface area contributed by atoms with Crippen LogP contribution in [0.2, 0.25) is 0 Å². The molecule has 1 aliphatic carbocycles. The van der Waals surface area contributed by atoms with Crippen molar-refractivity contribution in [3.8, 4) is 0 Å². The number of hydrogen-bond donors (Lipinski definition) is 0. The Morgan fingerprint density at radius 3 is 1.45 bits per heavy atom. The van der Waals surface area contributed by atoms with E-state index >= 15 is 0 Å². The molecule has 0 aromatic carbocycles. The average molecular weight is 153 g/mol. The molecule has 1 saturated carbocycles. The second kappa shape index (κ2) is 3.60. The van der Waals surface area contributed by atoms with E-state index in [1.54, 1.807) is 0 Å². The van der Waals surface area contributed by atoms with Crippen LogP contribution in [0.5, 0.6) is 0 Å². The van der Waals surface area contributed by atoms with Gasteiger partial charge in [0.05, 0.1) is 0 Å². The van der Waals surface area contributed by atoms with E-state index in [1.807, 2.05) is 0 Å². The summed E-state index contributed by atoms with van der Waals surface area (Å²) >= 11 is 0. The summed E-state index contributed by atoms with van der Waals surface area (Å²) in [5.41, 5.74) is 0. The molecule has 0 spiro atoms. The maximum absolute atomic E-state index is 2.59. The van der Waals surface area contributed by atoms with Crippen LogP contribution in [-0.4, -0.2) is 0 Å². The Hall–Kier alpha value is 0. The van der Waals surface area contributed by atoms with Crippen molar-refractivity contribution >= 4 is 0 Å². The SMILES string of the molecule is CC(C)C1[CH]C(C(C)C)CC1. The molecule has 0 N–H and O–H groups in total. The van der Waals surface area contributed by atoms with Crippen molar-refractivity contribution in [3.63, 3.8) is 0 Å². The molecule has 1 aliphatic rings. The first-order valence-corrected chi connectivity index (χ1v) is 4.96. The summed E-state index contributed by atoms with van der Waals surface area (Å²) in [5, 5.41) is 0. The zero-order valence-corrected chi connectivity index (χ0v) is 8.30. The second-order valence-electron chi connectivity index (χ2n) is 4.59. The van der Waals surface area contributed by atoms with Gasteiger partial charge in [-0.15, -0.1) is 0 Å². The highest BCUT2D eigenvalue weighted by atomic mass is 14.3. The first-order valence-electron chi connectivity index (χ1n) is 4.96. The van der Waals surface area contributed by atoms with Crippen LogP contribution < -0.4 is 0 Å². The minimum absolute atomic E-state index is 0.860. The van der Waals surface area contributed by atoms with Crippen molar-refractivity contribution < 1.29 is 0 Å². The fraction of sp³-hybridized carbons (Fsp3) is 0.909. The fourth-order valence-electron chi connectivity index (χ4n) is 2.01. The molecule has 1 fully saturated rings. The highest BCUT2D eigenvalue weighted by molar-refractivity contribution is 4.93. The molecule has 2 atom stereocenters. The van der Waals surface area contributed by atoms with E-state index in [0.717, 1.165) is 23.7 Å². The van der Waals surface area contributed by atoms with Gasteiger partial charge in [0.2, 0.25) is 0 Å². The minimum Gasteiger partial charge on any atom is -0.0625 e. The van der Waals surface area contributed by atoms with Gasteiger partial charge in [-0.25, -0.2) is 0 Å². The first-order chi connectivity index (χ1) is 5.11. The molecular weight excluding hydrogens is 132 g/mol. The van der Waals surface area contributed by atoms with E-state index in [0.29, 0.717) is 0 Å². The molecule has 0 nitrogen and oxygen atoms in total. The molecule has 11 heavy (non-hydrogen) atoms. The molecular formula is C11H21. The van der Waals surface area contributed by atoms with Gasteiger partial charge in [0.15, 0.2) is 0 Å². The molecule has 1 rings (SSSR count). The summed E-state index contributed by atoms with van der Waals surface area (Å²) in [6.07, 6.45) is 5.45. The monoisotopic (exact) mass is 153 g/mol. The predicted molar refractivity (Wildman–Crippen MR) is 50.2 cm³/mol. The molecule has 0 aromatic rings. The van der Waals surface area contributed by atoms with E-state index in [2.05, 4.69) is 34.1 Å². The van der Waals surface area contributed by atoms with Crippen molar-refractivity contribution in [1.29, 1.82) is 0 Å². The molecule has 0 heterocycles. The van der Waals surface area contributed by atoms with Gasteiger partial charge in [0.1, 0.15) is 0 Å². The van der Waals surface area contributed by atoms with Crippen LogP contribution in [0, 0.1) is 30.1 Å². The predicted octanol–water partition coefficient (Wildman–Crippen LogP) is 3.53. The molecule has 0 bridgehead atoms. The van der Waals surface area contributed by atoms with Gasteiger partial charge in [-0.3, -0.25) is 0 Å². The lowest BCUT2D eigenvalue weighted by Crippen LogP contribution is -2.08. The Morgan fingerprint density at radius 2 is 1.27 bits per heavy atom. The molecule has 2 unspecified atom stereocenters. The number of hydrogen-bond acceptors (Lipinski definition) is 0. The third-order valence-electron chi connectivity index (χ3n) is 3.04. The van der Waals surface area contributed by atoms with Crippen molar-refractivity contribution in [2.24, 2.45) is 23.7 Å². The van der Waals surface area contributed by atoms with E-state index in [1.165, 1.54) is 12.8 Å². The van der Waals surface area contributed by atoms with Crippen LogP contribution in [0.1, 0.15) is 40.5 Å². The van der Waals surface area contributed by atoms with Crippen LogP contribution in [0.25, 0.3) is 0 Å². The maximum Gasteiger partial charge on any atom is -0.0319 e. The average Bonchev–Trinajstić information content (AvgIpc) is 2.33. The lowest BCUT2D eigenvalue weighted by atomic mass is 9.89. The van der Waals surface area contributed by atoms with Gasteiger partial charge in [0.25, 0.3) is 0 Å². The summed E-state index contributed by atoms with van der Waals surface area (Å²) in [5.74, 6) is 3.53. The minimum atomic E-state index is 0.860. The summed E-state index contributed by atoms with van der Waals surface area (Å²) in [4.78, 5) is 0. The Labute approximate surface area is 71.4 Å². The van der Waals surface area contributed by atoms with Gasteiger partial charge >= 0.3 is 0 Å². The fourth-order valence-corrected chi connectivity index (χ4v) is 2.01. The Morgan fingerprint density at radius 1 is 0.909 bits per heavy atom. The van der Waals surface area contributed by atoms with Crippen LogP contribution in [0.3, 0.4) is 0 Å². The molecule has 0 saturated heterocycles. The van der Waals surface area contributed by atoms with E-state index in [-0.39, 0.29) is 0 Å². The van der Waals surface area contributed by atoms with E-state index < -0.39 is 0 Å². The molecule has 0 aromatic heterocycles. The first kappa shape index (κ1) is 9.09. The largest absolute Gasteiger partial charge is 0.0625 e. The van der Waals surface area contributed by atoms with Crippen molar-refractivity contribution in [2.45, 2.75) is 40.5 Å². The van der Waals surface area contributed by atoms with E-state index in [9.17, 15) is 0 Å². The summed E-state index contributed by atoms with van der Waals surface area (Å²) in [6.45, 7) is 9.35. The van der Waals surface area contributed by atoms with Crippen molar-refractivity contribution in [2.75, 3.05) is 0 Å². The summed E-state index contributed by atoms with van der Waals surface area (Å²) in [7, 11) is 0. The van der Waals surface area contributed by atoms with Crippen LogP contribution in [-0.2, 0) is 0 Å². The summed E-state index contributed by atoms with van der Waals surface area (Å²) in [6, 6.07) is 0. The third kappa shape index (κ3) is 2.21. The molecule has 0 heteroatoms. The Bertz CT molecular complexity index is 99.2. The van der Waals surface area contributed by atoms with Crippen LogP contribution in [0.4, 0.5) is 0 Å². The van der Waals surface area contributed by atoms with Crippen molar-refractivity contribution in [1.82, 2.24) is 0 Å². The van der Waals surface area contributed by atoms with Crippen LogP contribution in [0.15, 0.2) is 0 Å². The second-order valence-corrected chi connectivity index (χ2v) is 4.59. The van der Waals surface area contributed by atoms with Crippen molar-refractivity contribution in [3.05, 3.63) is 6.42 Å². The normalized spacial score (nSPS) is 32.2. The quantitative estimate of drug-likeness (QED) is 0.569. The molecule has 1 radical (unpaired) electrons. The highest BCUT2D eigenvalue weighted by Gasteiger charge is 2.28. The van der Waals surface area contributed by atoms with Gasteiger partial charge in [-0.2, -0.15) is 0 Å². The van der Waals surface area contributed by atoms with Crippen LogP contribution >= 0.6 is 0 Å². The van der Waals surface area contributed by atoms with Gasteiger partial charge < -0.3 is 0 Å². The molecule has 0 aliphatic heterocycles. The molecule has 65 valence electrons. The molecule has 0 amide bonds. The standard InChI is InChI=1S/C11H21/c1-8(2)10-5-6-11(7-10)9(3)4/h7-11H,5-6H2,1-4H3. The zero-order chi connectivity index (χ0) is 8.43. The highest BCUT2D eigenvalue weighted by Crippen LogP contribution is 2.38. The number of rotatable bonds is 2. The Kier molecular flexibility index (Phi) is 2.98. The zero-order valence-electron chi connectivity index (χ0n) is 8.30.